The minimum absolute atomic E-state index is 0.107. The Labute approximate surface area is 123 Å². The van der Waals surface area contributed by atoms with Crippen LogP contribution in [0.15, 0.2) is 24.5 Å². The molecule has 2 rings (SSSR count). The maximum absolute atomic E-state index is 6.22. The van der Waals surface area contributed by atoms with E-state index in [-0.39, 0.29) is 12.1 Å². The maximum Gasteiger partial charge on any atom is 0.0509 e. The van der Waals surface area contributed by atoms with Gasteiger partial charge in [-0.25, -0.2) is 0 Å². The second-order valence-electron chi connectivity index (χ2n) is 6.28. The number of nitrogens with zero attached hydrogens (tertiary/aromatic N) is 3. The highest BCUT2D eigenvalue weighted by molar-refractivity contribution is 5.15. The van der Waals surface area contributed by atoms with Crippen molar-refractivity contribution in [2.24, 2.45) is 11.7 Å². The number of pyridine rings is 1. The Morgan fingerprint density at radius 2 is 2.15 bits per heavy atom. The zero-order valence-electron chi connectivity index (χ0n) is 13.0. The molecule has 2 N–H and O–H groups in total. The van der Waals surface area contributed by atoms with Gasteiger partial charge in [0.1, 0.15) is 0 Å². The van der Waals surface area contributed by atoms with Crippen molar-refractivity contribution in [3.8, 4) is 0 Å². The average Bonchev–Trinajstić information content (AvgIpc) is 2.42. The van der Waals surface area contributed by atoms with E-state index in [0.29, 0.717) is 0 Å². The van der Waals surface area contributed by atoms with Crippen LogP contribution in [-0.4, -0.2) is 54.6 Å². The van der Waals surface area contributed by atoms with E-state index in [1.807, 2.05) is 18.5 Å². The highest BCUT2D eigenvalue weighted by Gasteiger charge is 2.25. The lowest BCUT2D eigenvalue weighted by atomic mass is 9.94. The molecule has 0 amide bonds. The molecule has 112 valence electrons. The third-order valence-corrected chi connectivity index (χ3v) is 4.38. The van der Waals surface area contributed by atoms with Crippen LogP contribution in [0, 0.1) is 5.92 Å². The number of rotatable bonds is 5. The minimum Gasteiger partial charge on any atom is -0.326 e. The Bertz CT molecular complexity index is 385. The summed E-state index contributed by atoms with van der Waals surface area (Å²) in [6.45, 7) is 5.64. The normalized spacial score (nSPS) is 21.1. The lowest BCUT2D eigenvalue weighted by Crippen LogP contribution is -2.42. The van der Waals surface area contributed by atoms with E-state index >= 15 is 0 Å². The number of hydrogen-bond acceptors (Lipinski definition) is 4. The first-order valence-corrected chi connectivity index (χ1v) is 7.62. The van der Waals surface area contributed by atoms with Crippen molar-refractivity contribution in [1.29, 1.82) is 0 Å². The van der Waals surface area contributed by atoms with Gasteiger partial charge in [-0.3, -0.25) is 9.88 Å². The predicted molar refractivity (Wildman–Crippen MR) is 83.5 cm³/mol. The van der Waals surface area contributed by atoms with Gasteiger partial charge in [0.25, 0.3) is 0 Å². The van der Waals surface area contributed by atoms with E-state index in [1.54, 1.807) is 0 Å². The molecule has 1 fully saturated rings. The van der Waals surface area contributed by atoms with Gasteiger partial charge in [-0.2, -0.15) is 0 Å². The molecule has 4 heteroatoms. The van der Waals surface area contributed by atoms with Crippen LogP contribution < -0.4 is 5.73 Å². The molecule has 4 nitrogen and oxygen atoms in total. The molecular formula is C16H28N4. The van der Waals surface area contributed by atoms with Crippen LogP contribution in [-0.2, 0) is 0 Å². The van der Waals surface area contributed by atoms with Gasteiger partial charge in [0.15, 0.2) is 0 Å². The van der Waals surface area contributed by atoms with Gasteiger partial charge >= 0.3 is 0 Å². The first kappa shape index (κ1) is 15.4. The molecule has 1 saturated heterocycles. The van der Waals surface area contributed by atoms with E-state index < -0.39 is 0 Å². The van der Waals surface area contributed by atoms with Crippen LogP contribution in [0.25, 0.3) is 0 Å². The van der Waals surface area contributed by atoms with Crippen LogP contribution in [0.2, 0.25) is 0 Å². The second kappa shape index (κ2) is 7.16. The van der Waals surface area contributed by atoms with E-state index in [4.69, 9.17) is 5.73 Å². The van der Waals surface area contributed by atoms with E-state index in [0.717, 1.165) is 12.5 Å². The zero-order valence-corrected chi connectivity index (χ0v) is 13.0. The van der Waals surface area contributed by atoms with Crippen LogP contribution in [0.1, 0.15) is 31.4 Å². The molecule has 1 aromatic heterocycles. The monoisotopic (exact) mass is 276 g/mol. The highest BCUT2D eigenvalue weighted by atomic mass is 15.2. The van der Waals surface area contributed by atoms with Crippen molar-refractivity contribution in [1.82, 2.24) is 14.8 Å². The molecule has 0 radical (unpaired) electrons. The molecule has 20 heavy (non-hydrogen) atoms. The maximum atomic E-state index is 6.22. The molecule has 0 saturated carbocycles. The largest absolute Gasteiger partial charge is 0.326 e. The molecule has 0 aliphatic carbocycles. The van der Waals surface area contributed by atoms with Crippen molar-refractivity contribution in [3.05, 3.63) is 30.1 Å². The number of aromatic nitrogens is 1. The smallest absolute Gasteiger partial charge is 0.0509 e. The summed E-state index contributed by atoms with van der Waals surface area (Å²) in [4.78, 5) is 9.07. The van der Waals surface area contributed by atoms with Crippen molar-refractivity contribution in [3.63, 3.8) is 0 Å². The third kappa shape index (κ3) is 4.01. The summed E-state index contributed by atoms with van der Waals surface area (Å²) in [5.41, 5.74) is 7.44. The summed E-state index contributed by atoms with van der Waals surface area (Å²) in [5.74, 6) is 0.786. The highest BCUT2D eigenvalue weighted by Crippen LogP contribution is 2.25. The van der Waals surface area contributed by atoms with Gasteiger partial charge in [-0.05, 0) is 64.5 Å². The number of hydrogen-bond donors (Lipinski definition) is 1. The van der Waals surface area contributed by atoms with Crippen molar-refractivity contribution in [2.45, 2.75) is 31.8 Å². The molecular weight excluding hydrogens is 248 g/mol. The average molecular weight is 276 g/mol. The lowest BCUT2D eigenvalue weighted by Gasteiger charge is -2.36. The Balaban J connectivity index is 1.99. The number of piperidine rings is 1. The summed E-state index contributed by atoms with van der Waals surface area (Å²) < 4.78 is 0. The number of likely N-dealkylation sites (N-methyl/N-ethyl adjacent to an activating group) is 1. The first-order chi connectivity index (χ1) is 9.58. The zero-order chi connectivity index (χ0) is 14.5. The lowest BCUT2D eigenvalue weighted by molar-refractivity contribution is 0.140. The van der Waals surface area contributed by atoms with Gasteiger partial charge in [0.2, 0.25) is 0 Å². The Hall–Kier alpha value is -0.970. The van der Waals surface area contributed by atoms with Gasteiger partial charge < -0.3 is 10.6 Å². The van der Waals surface area contributed by atoms with Crippen LogP contribution >= 0.6 is 0 Å². The van der Waals surface area contributed by atoms with Crippen LogP contribution in [0.4, 0.5) is 0 Å². The van der Waals surface area contributed by atoms with Crippen LogP contribution in [0.3, 0.4) is 0 Å². The quantitative estimate of drug-likeness (QED) is 0.890. The van der Waals surface area contributed by atoms with Gasteiger partial charge in [-0.1, -0.05) is 6.07 Å². The van der Waals surface area contributed by atoms with Gasteiger partial charge in [-0.15, -0.1) is 0 Å². The van der Waals surface area contributed by atoms with Crippen molar-refractivity contribution in [2.75, 3.05) is 33.7 Å². The molecule has 1 aliphatic heterocycles. The molecule has 2 heterocycles. The van der Waals surface area contributed by atoms with Crippen molar-refractivity contribution >= 4 is 0 Å². The molecule has 2 unspecified atom stereocenters. The Morgan fingerprint density at radius 3 is 2.70 bits per heavy atom. The van der Waals surface area contributed by atoms with Gasteiger partial charge in [0.05, 0.1) is 6.04 Å². The summed E-state index contributed by atoms with van der Waals surface area (Å²) in [7, 11) is 4.40. The molecule has 0 aromatic carbocycles. The third-order valence-electron chi connectivity index (χ3n) is 4.38. The van der Waals surface area contributed by atoms with E-state index in [9.17, 15) is 0 Å². The summed E-state index contributed by atoms with van der Waals surface area (Å²) in [6.07, 6.45) is 6.34. The van der Waals surface area contributed by atoms with Gasteiger partial charge in [0, 0.05) is 25.0 Å². The second-order valence-corrected chi connectivity index (χ2v) is 6.28. The fourth-order valence-electron chi connectivity index (χ4n) is 3.28. The Kier molecular flexibility index (Phi) is 5.52. The topological polar surface area (TPSA) is 45.4 Å². The summed E-state index contributed by atoms with van der Waals surface area (Å²) in [5, 5.41) is 0. The van der Waals surface area contributed by atoms with Crippen molar-refractivity contribution < 1.29 is 0 Å². The summed E-state index contributed by atoms with van der Waals surface area (Å²) >= 11 is 0. The van der Waals surface area contributed by atoms with E-state index in [2.05, 4.69) is 41.9 Å². The fraction of sp³-hybridized carbons (Fsp3) is 0.688. The molecule has 1 aliphatic rings. The standard InChI is InChI=1S/C16H28N4/c1-13(17)16(15-5-4-8-18-11-15)20(3)12-14-6-9-19(2)10-7-14/h4-5,8,11,13-14,16H,6-7,9-10,12,17H2,1-3H3. The molecule has 2 atom stereocenters. The fourth-order valence-corrected chi connectivity index (χ4v) is 3.28. The molecule has 0 spiro atoms. The number of likely N-dealkylation sites (tertiary alicyclic amines) is 1. The Morgan fingerprint density at radius 1 is 1.45 bits per heavy atom. The summed E-state index contributed by atoms with van der Waals surface area (Å²) in [6, 6.07) is 4.49. The minimum atomic E-state index is 0.107. The molecule has 0 bridgehead atoms. The predicted octanol–water partition coefficient (Wildman–Crippen LogP) is 1.74. The first-order valence-electron chi connectivity index (χ1n) is 7.62. The van der Waals surface area contributed by atoms with Crippen LogP contribution in [0.5, 0.6) is 0 Å². The SMILES string of the molecule is CC(N)C(c1cccnc1)N(C)CC1CCN(C)CC1. The molecule has 1 aromatic rings. The van der Waals surface area contributed by atoms with E-state index in [1.165, 1.54) is 31.5 Å². The number of nitrogens with two attached hydrogens (primary N) is 1.